The van der Waals surface area contributed by atoms with Gasteiger partial charge in [0.15, 0.2) is 5.69 Å². The Morgan fingerprint density at radius 2 is 1.96 bits per heavy atom. The Morgan fingerprint density at radius 1 is 1.30 bits per heavy atom. The highest BCUT2D eigenvalue weighted by Crippen LogP contribution is 2.37. The average Bonchev–Trinajstić information content (AvgIpc) is 3.10. The second kappa shape index (κ2) is 6.91. The first kappa shape index (κ1) is 19.3. The van der Waals surface area contributed by atoms with Gasteiger partial charge in [-0.05, 0) is 18.2 Å². The van der Waals surface area contributed by atoms with Crippen LogP contribution >= 0.6 is 12.2 Å². The molecule has 0 bridgehead atoms. The normalized spacial score (nSPS) is 20.2. The maximum absolute atomic E-state index is 13.8. The Hall–Kier alpha value is -2.49. The number of carbonyl (C=O) groups is 1. The van der Waals surface area contributed by atoms with E-state index in [1.165, 1.54) is 25.2 Å². The van der Waals surface area contributed by atoms with E-state index < -0.39 is 35.4 Å². The minimum atomic E-state index is -4.59. The summed E-state index contributed by atoms with van der Waals surface area (Å²) >= 11 is 5.31. The molecule has 1 aliphatic rings. The van der Waals surface area contributed by atoms with Gasteiger partial charge in [0.1, 0.15) is 5.82 Å². The van der Waals surface area contributed by atoms with Gasteiger partial charge in [0.2, 0.25) is 5.91 Å². The van der Waals surface area contributed by atoms with Crippen LogP contribution in [0.2, 0.25) is 0 Å². The number of likely N-dealkylation sites (tertiary alicyclic amines) is 1. The number of aryl methyl sites for hydroxylation is 1. The van der Waals surface area contributed by atoms with Crippen LogP contribution in [0.15, 0.2) is 30.3 Å². The number of thiocarbonyl (C=S) groups is 1. The van der Waals surface area contributed by atoms with Crippen molar-refractivity contribution in [1.82, 2.24) is 14.7 Å². The number of para-hydroxylation sites is 1. The molecular weight excluding hydrogens is 384 g/mol. The highest BCUT2D eigenvalue weighted by atomic mass is 32.1. The lowest BCUT2D eigenvalue weighted by Crippen LogP contribution is -2.32. The first-order valence-electron chi connectivity index (χ1n) is 8.01. The highest BCUT2D eigenvalue weighted by Gasteiger charge is 2.44. The van der Waals surface area contributed by atoms with Crippen molar-refractivity contribution in [2.24, 2.45) is 13.0 Å². The number of nitrogens with one attached hydrogen (secondary N) is 1. The van der Waals surface area contributed by atoms with Gasteiger partial charge in [-0.2, -0.15) is 18.3 Å². The van der Waals surface area contributed by atoms with E-state index in [0.717, 1.165) is 10.7 Å². The minimum absolute atomic E-state index is 0.0143. The van der Waals surface area contributed by atoms with Gasteiger partial charge in [0, 0.05) is 32.3 Å². The van der Waals surface area contributed by atoms with E-state index >= 15 is 0 Å². The van der Waals surface area contributed by atoms with Crippen LogP contribution in [0.3, 0.4) is 0 Å². The molecule has 5 nitrogen and oxygen atoms in total. The van der Waals surface area contributed by atoms with Crippen LogP contribution in [-0.4, -0.2) is 39.2 Å². The van der Waals surface area contributed by atoms with E-state index in [1.807, 2.05) is 0 Å². The molecule has 1 amide bonds. The molecule has 3 rings (SSSR count). The Balaban J connectivity index is 1.93. The summed E-state index contributed by atoms with van der Waals surface area (Å²) in [5, 5.41) is 5.99. The van der Waals surface area contributed by atoms with Crippen LogP contribution in [0.5, 0.6) is 0 Å². The number of aromatic nitrogens is 2. The number of hydrogen-bond acceptors (Lipinski definition) is 3. The van der Waals surface area contributed by atoms with Crippen LogP contribution in [0.1, 0.15) is 17.3 Å². The average molecular weight is 400 g/mol. The first-order chi connectivity index (χ1) is 12.6. The second-order valence-electron chi connectivity index (χ2n) is 6.35. The maximum atomic E-state index is 13.8. The van der Waals surface area contributed by atoms with Crippen LogP contribution in [0.4, 0.5) is 23.2 Å². The van der Waals surface area contributed by atoms with E-state index in [2.05, 4.69) is 10.4 Å². The highest BCUT2D eigenvalue weighted by molar-refractivity contribution is 7.80. The van der Waals surface area contributed by atoms with Gasteiger partial charge in [-0.15, -0.1) is 0 Å². The lowest BCUT2D eigenvalue weighted by molar-refractivity contribution is -0.141. The number of likely N-dealkylation sites (N-methyl/N-ethyl adjacent to an activating group) is 1. The molecule has 1 fully saturated rings. The van der Waals surface area contributed by atoms with Gasteiger partial charge < -0.3 is 10.2 Å². The van der Waals surface area contributed by atoms with Crippen molar-refractivity contribution < 1.29 is 22.4 Å². The standard InChI is InChI=1S/C17H16F4N4OS/c1-24-8-9(12-7-13(17(19,20)21)23-25(12)2)14(16(24)27)15(26)22-11-6-4-3-5-10(11)18/h3-7,9,14H,8H2,1-2H3,(H,22,26)/t9?,14-/m0/s1. The summed E-state index contributed by atoms with van der Waals surface area (Å²) in [5.41, 5.74) is -0.809. The van der Waals surface area contributed by atoms with Crippen molar-refractivity contribution in [3.8, 4) is 0 Å². The van der Waals surface area contributed by atoms with E-state index in [-0.39, 0.29) is 22.9 Å². The fraction of sp³-hybridized carbons (Fsp3) is 0.353. The maximum Gasteiger partial charge on any atom is 0.435 e. The first-order valence-corrected chi connectivity index (χ1v) is 8.42. The largest absolute Gasteiger partial charge is 0.435 e. The number of carbonyl (C=O) groups excluding carboxylic acids is 1. The topological polar surface area (TPSA) is 50.2 Å². The summed E-state index contributed by atoms with van der Waals surface area (Å²) in [7, 11) is 3.05. The third-order valence-electron chi connectivity index (χ3n) is 4.52. The molecule has 1 aromatic heterocycles. The molecule has 2 aromatic rings. The monoisotopic (exact) mass is 400 g/mol. The van der Waals surface area contributed by atoms with Crippen molar-refractivity contribution in [1.29, 1.82) is 0 Å². The van der Waals surface area contributed by atoms with Gasteiger partial charge in [-0.1, -0.05) is 24.4 Å². The molecule has 1 aromatic carbocycles. The Kier molecular flexibility index (Phi) is 4.94. The fourth-order valence-corrected chi connectivity index (χ4v) is 3.55. The number of halogens is 4. The molecule has 1 aliphatic heterocycles. The smallest absolute Gasteiger partial charge is 0.368 e. The molecule has 0 radical (unpaired) electrons. The van der Waals surface area contributed by atoms with E-state index in [4.69, 9.17) is 12.2 Å². The molecule has 2 atom stereocenters. The Morgan fingerprint density at radius 3 is 2.56 bits per heavy atom. The van der Waals surface area contributed by atoms with E-state index in [0.29, 0.717) is 0 Å². The summed E-state index contributed by atoms with van der Waals surface area (Å²) in [4.78, 5) is 14.7. The Bertz CT molecular complexity index is 895. The molecule has 1 saturated heterocycles. The van der Waals surface area contributed by atoms with Crippen LogP contribution in [-0.2, 0) is 18.0 Å². The molecule has 1 unspecified atom stereocenters. The number of benzene rings is 1. The third kappa shape index (κ3) is 3.66. The lowest BCUT2D eigenvalue weighted by atomic mass is 9.91. The van der Waals surface area contributed by atoms with E-state index in [9.17, 15) is 22.4 Å². The van der Waals surface area contributed by atoms with Gasteiger partial charge in [0.05, 0.1) is 16.6 Å². The van der Waals surface area contributed by atoms with Gasteiger partial charge in [0.25, 0.3) is 0 Å². The van der Waals surface area contributed by atoms with Gasteiger partial charge >= 0.3 is 6.18 Å². The van der Waals surface area contributed by atoms with Crippen LogP contribution in [0, 0.1) is 11.7 Å². The third-order valence-corrected chi connectivity index (χ3v) is 5.08. The van der Waals surface area contributed by atoms with E-state index in [1.54, 1.807) is 18.0 Å². The lowest BCUT2D eigenvalue weighted by Gasteiger charge is -2.18. The zero-order chi connectivity index (χ0) is 19.9. The minimum Gasteiger partial charge on any atom is -0.368 e. The quantitative estimate of drug-likeness (QED) is 0.635. The number of nitrogens with zero attached hydrogens (tertiary/aromatic N) is 3. The van der Waals surface area contributed by atoms with Crippen molar-refractivity contribution in [3.63, 3.8) is 0 Å². The Labute approximate surface area is 158 Å². The number of hydrogen-bond donors (Lipinski definition) is 1. The SMILES string of the molecule is CN1CC(c2cc(C(F)(F)F)nn2C)[C@@H](C(=O)Nc2ccccc2F)C1=S. The molecule has 1 N–H and O–H groups in total. The second-order valence-corrected chi connectivity index (χ2v) is 6.77. The van der Waals surface area contributed by atoms with Crippen molar-refractivity contribution in [2.75, 3.05) is 18.9 Å². The predicted molar refractivity (Wildman–Crippen MR) is 94.7 cm³/mol. The molecule has 0 spiro atoms. The summed E-state index contributed by atoms with van der Waals surface area (Å²) in [5.74, 6) is -2.74. The fourth-order valence-electron chi connectivity index (χ4n) is 3.20. The summed E-state index contributed by atoms with van der Waals surface area (Å²) in [6, 6.07) is 6.57. The molecule has 0 aliphatic carbocycles. The predicted octanol–water partition coefficient (Wildman–Crippen LogP) is 3.19. The molecule has 0 saturated carbocycles. The zero-order valence-corrected chi connectivity index (χ0v) is 15.2. The molecule has 144 valence electrons. The summed E-state index contributed by atoms with van der Waals surface area (Å²) < 4.78 is 53.9. The molecule has 10 heteroatoms. The number of alkyl halides is 3. The van der Waals surface area contributed by atoms with Crippen molar-refractivity contribution in [3.05, 3.63) is 47.5 Å². The zero-order valence-electron chi connectivity index (χ0n) is 14.4. The van der Waals surface area contributed by atoms with Gasteiger partial charge in [-0.3, -0.25) is 9.48 Å². The molecule has 2 heterocycles. The number of amides is 1. The van der Waals surface area contributed by atoms with Crippen molar-refractivity contribution in [2.45, 2.75) is 12.1 Å². The summed E-state index contributed by atoms with van der Waals surface area (Å²) in [6.07, 6.45) is -4.59. The van der Waals surface area contributed by atoms with Crippen LogP contribution < -0.4 is 5.32 Å². The van der Waals surface area contributed by atoms with Crippen LogP contribution in [0.25, 0.3) is 0 Å². The van der Waals surface area contributed by atoms with Crippen molar-refractivity contribution >= 4 is 28.8 Å². The number of rotatable bonds is 3. The summed E-state index contributed by atoms with van der Waals surface area (Å²) in [6.45, 7) is 0.255. The van der Waals surface area contributed by atoms with Gasteiger partial charge in [-0.25, -0.2) is 4.39 Å². The molecule has 27 heavy (non-hydrogen) atoms. The molecular formula is C17H16F4N4OS. The number of anilines is 1.